The summed E-state index contributed by atoms with van der Waals surface area (Å²) in [5.41, 5.74) is 1.20. The molecule has 1 fully saturated rings. The van der Waals surface area contributed by atoms with Crippen LogP contribution < -0.4 is 29.6 Å². The molecule has 9 heteroatoms. The number of hydrogen-bond acceptors (Lipinski definition) is 7. The number of nitrogens with one attached hydrogen (secondary N) is 2. The van der Waals surface area contributed by atoms with Crippen LogP contribution >= 0.6 is 0 Å². The number of anilines is 2. The van der Waals surface area contributed by atoms with Crippen LogP contribution in [0.1, 0.15) is 12.8 Å². The Morgan fingerprint density at radius 1 is 0.818 bits per heavy atom. The van der Waals surface area contributed by atoms with Gasteiger partial charge in [0.2, 0.25) is 11.8 Å². The number of nitrogens with zero attached hydrogens (tertiary/aromatic N) is 1. The predicted molar refractivity (Wildman–Crippen MR) is 126 cm³/mol. The largest absolute Gasteiger partial charge is 0.497 e. The van der Waals surface area contributed by atoms with Crippen molar-refractivity contribution in [2.45, 2.75) is 12.8 Å². The normalized spacial score (nSPS) is 14.3. The van der Waals surface area contributed by atoms with Crippen LogP contribution in [0.15, 0.2) is 36.4 Å². The lowest BCUT2D eigenvalue weighted by atomic mass is 9.95. The van der Waals surface area contributed by atoms with Gasteiger partial charge in [0.05, 0.1) is 46.4 Å². The first kappa shape index (κ1) is 24.2. The molecule has 0 radical (unpaired) electrons. The van der Waals surface area contributed by atoms with Crippen LogP contribution in [0, 0.1) is 5.92 Å². The predicted octanol–water partition coefficient (Wildman–Crippen LogP) is 3.01. The molecule has 3 rings (SSSR count). The molecule has 2 aromatic rings. The summed E-state index contributed by atoms with van der Waals surface area (Å²) in [6.07, 6.45) is 1.34. The van der Waals surface area contributed by atoms with Gasteiger partial charge < -0.3 is 29.6 Å². The van der Waals surface area contributed by atoms with Crippen LogP contribution in [-0.4, -0.2) is 64.8 Å². The minimum atomic E-state index is -0.135. The Kier molecular flexibility index (Phi) is 8.37. The van der Waals surface area contributed by atoms with Crippen molar-refractivity contribution < 1.29 is 28.5 Å². The van der Waals surface area contributed by atoms with E-state index < -0.39 is 0 Å². The highest BCUT2D eigenvalue weighted by Gasteiger charge is 2.26. The van der Waals surface area contributed by atoms with Gasteiger partial charge in [-0.3, -0.25) is 14.5 Å². The molecule has 1 heterocycles. The molecule has 1 saturated heterocycles. The van der Waals surface area contributed by atoms with Gasteiger partial charge in [0.1, 0.15) is 23.0 Å². The van der Waals surface area contributed by atoms with E-state index in [1.807, 2.05) is 4.90 Å². The maximum absolute atomic E-state index is 12.8. The first-order valence-electron chi connectivity index (χ1n) is 10.7. The van der Waals surface area contributed by atoms with Gasteiger partial charge >= 0.3 is 0 Å². The lowest BCUT2D eigenvalue weighted by Crippen LogP contribution is -2.41. The van der Waals surface area contributed by atoms with Gasteiger partial charge in [-0.1, -0.05) is 0 Å². The average molecular weight is 458 g/mol. The fourth-order valence-electron chi connectivity index (χ4n) is 3.78. The number of likely N-dealkylation sites (tertiary alicyclic amines) is 1. The van der Waals surface area contributed by atoms with E-state index in [0.717, 1.165) is 0 Å². The van der Waals surface area contributed by atoms with Gasteiger partial charge in [-0.2, -0.15) is 0 Å². The Hall–Kier alpha value is -3.46. The fraction of sp³-hybridized carbons (Fsp3) is 0.417. The van der Waals surface area contributed by atoms with Crippen molar-refractivity contribution in [1.29, 1.82) is 0 Å². The van der Waals surface area contributed by atoms with Crippen LogP contribution in [-0.2, 0) is 9.59 Å². The summed E-state index contributed by atoms with van der Waals surface area (Å²) in [4.78, 5) is 27.3. The van der Waals surface area contributed by atoms with E-state index in [1.165, 1.54) is 0 Å². The van der Waals surface area contributed by atoms with Crippen molar-refractivity contribution in [2.24, 2.45) is 5.92 Å². The fourth-order valence-corrected chi connectivity index (χ4v) is 3.78. The van der Waals surface area contributed by atoms with Crippen LogP contribution in [0.5, 0.6) is 23.0 Å². The van der Waals surface area contributed by atoms with E-state index in [-0.39, 0.29) is 24.3 Å². The number of ether oxygens (including phenoxy) is 4. The third-order valence-corrected chi connectivity index (χ3v) is 5.67. The summed E-state index contributed by atoms with van der Waals surface area (Å²) in [5.74, 6) is 2.08. The minimum absolute atomic E-state index is 0.0504. The van der Waals surface area contributed by atoms with E-state index >= 15 is 0 Å². The van der Waals surface area contributed by atoms with E-state index in [1.54, 1.807) is 64.8 Å². The molecule has 33 heavy (non-hydrogen) atoms. The summed E-state index contributed by atoms with van der Waals surface area (Å²) < 4.78 is 21.1. The van der Waals surface area contributed by atoms with Crippen LogP contribution in [0.3, 0.4) is 0 Å². The van der Waals surface area contributed by atoms with E-state index in [4.69, 9.17) is 18.9 Å². The second-order valence-electron chi connectivity index (χ2n) is 7.72. The second kappa shape index (κ2) is 11.4. The topological polar surface area (TPSA) is 98.4 Å². The van der Waals surface area contributed by atoms with E-state index in [9.17, 15) is 9.59 Å². The Morgan fingerprint density at radius 3 is 1.82 bits per heavy atom. The number of carbonyl (C=O) groups excluding carboxylic acids is 2. The number of piperidine rings is 1. The van der Waals surface area contributed by atoms with Gasteiger partial charge in [0, 0.05) is 18.1 Å². The quantitative estimate of drug-likeness (QED) is 0.597. The summed E-state index contributed by atoms with van der Waals surface area (Å²) in [6, 6.07) is 10.5. The van der Waals surface area contributed by atoms with Gasteiger partial charge in [-0.15, -0.1) is 0 Å². The van der Waals surface area contributed by atoms with Crippen molar-refractivity contribution in [3.8, 4) is 23.0 Å². The smallest absolute Gasteiger partial charge is 0.238 e. The molecular weight excluding hydrogens is 426 g/mol. The number of amides is 2. The Morgan fingerprint density at radius 2 is 1.33 bits per heavy atom. The molecule has 2 amide bonds. The van der Waals surface area contributed by atoms with Gasteiger partial charge in [0.15, 0.2) is 0 Å². The Bertz CT molecular complexity index is 973. The number of rotatable bonds is 9. The third kappa shape index (κ3) is 6.29. The van der Waals surface area contributed by atoms with Crippen LogP contribution in [0.25, 0.3) is 0 Å². The molecule has 0 bridgehead atoms. The molecule has 0 spiro atoms. The zero-order valence-corrected chi connectivity index (χ0v) is 19.5. The molecule has 2 aromatic carbocycles. The number of methoxy groups -OCH3 is 4. The maximum Gasteiger partial charge on any atom is 0.238 e. The Balaban J connectivity index is 1.50. The van der Waals surface area contributed by atoms with E-state index in [2.05, 4.69) is 10.6 Å². The summed E-state index contributed by atoms with van der Waals surface area (Å²) in [5, 5.41) is 5.84. The molecule has 1 aliphatic rings. The molecule has 1 aliphatic heterocycles. The molecule has 0 aliphatic carbocycles. The first-order chi connectivity index (χ1) is 16.0. The second-order valence-corrected chi connectivity index (χ2v) is 7.72. The van der Waals surface area contributed by atoms with Gasteiger partial charge in [0.25, 0.3) is 0 Å². The molecule has 0 aromatic heterocycles. The zero-order chi connectivity index (χ0) is 23.8. The van der Waals surface area contributed by atoms with E-state index in [0.29, 0.717) is 60.3 Å². The average Bonchev–Trinajstić information content (AvgIpc) is 2.84. The lowest BCUT2D eigenvalue weighted by Gasteiger charge is -2.30. The van der Waals surface area contributed by atoms with Crippen molar-refractivity contribution in [1.82, 2.24) is 4.90 Å². The number of carbonyl (C=O) groups is 2. The summed E-state index contributed by atoms with van der Waals surface area (Å²) in [7, 11) is 6.25. The highest BCUT2D eigenvalue weighted by atomic mass is 16.5. The van der Waals surface area contributed by atoms with Crippen molar-refractivity contribution in [3.63, 3.8) is 0 Å². The maximum atomic E-state index is 12.8. The molecule has 0 saturated carbocycles. The Labute approximate surface area is 193 Å². The highest BCUT2D eigenvalue weighted by Crippen LogP contribution is 2.31. The molecule has 178 valence electrons. The number of benzene rings is 2. The van der Waals surface area contributed by atoms with Gasteiger partial charge in [-0.25, -0.2) is 0 Å². The van der Waals surface area contributed by atoms with Crippen LogP contribution in [0.2, 0.25) is 0 Å². The molecule has 0 atom stereocenters. The molecular formula is C24H31N3O6. The molecule has 9 nitrogen and oxygen atoms in total. The monoisotopic (exact) mass is 457 g/mol. The van der Waals surface area contributed by atoms with Crippen LogP contribution in [0.4, 0.5) is 11.4 Å². The van der Waals surface area contributed by atoms with Crippen molar-refractivity contribution in [2.75, 3.05) is 58.7 Å². The standard InChI is InChI=1S/C24H31N3O6/c1-30-17-5-7-19(21(13-17)32-3)25-23(28)15-27-11-9-16(10-12-27)24(29)26-20-8-6-18(31-2)14-22(20)33-4/h5-8,13-14,16H,9-12,15H2,1-4H3,(H,25,28)(H,26,29). The molecule has 2 N–H and O–H groups in total. The minimum Gasteiger partial charge on any atom is -0.497 e. The third-order valence-electron chi connectivity index (χ3n) is 5.67. The first-order valence-corrected chi connectivity index (χ1v) is 10.7. The summed E-state index contributed by atoms with van der Waals surface area (Å²) >= 11 is 0. The van der Waals surface area contributed by atoms with Gasteiger partial charge in [-0.05, 0) is 50.2 Å². The van der Waals surface area contributed by atoms with Crippen molar-refractivity contribution >= 4 is 23.2 Å². The molecule has 0 unspecified atom stereocenters. The summed E-state index contributed by atoms with van der Waals surface area (Å²) in [6.45, 7) is 1.56. The highest BCUT2D eigenvalue weighted by molar-refractivity contribution is 5.95. The lowest BCUT2D eigenvalue weighted by molar-refractivity contribution is -0.121. The van der Waals surface area contributed by atoms with Crippen molar-refractivity contribution in [3.05, 3.63) is 36.4 Å². The SMILES string of the molecule is COc1ccc(NC(=O)CN2CCC(C(=O)Nc3ccc(OC)cc3OC)CC2)c(OC)c1. The zero-order valence-electron chi connectivity index (χ0n) is 19.5. The number of hydrogen-bond donors (Lipinski definition) is 2.